The molecule has 0 spiro atoms. The first-order chi connectivity index (χ1) is 14.8. The molecule has 0 radical (unpaired) electrons. The number of carbonyl (C=O) groups excluding carboxylic acids is 2. The first-order valence-corrected chi connectivity index (χ1v) is 11.0. The quantitative estimate of drug-likeness (QED) is 0.616. The van der Waals surface area contributed by atoms with Crippen molar-refractivity contribution in [2.24, 2.45) is 5.92 Å². The molecule has 0 saturated carbocycles. The minimum Gasteiger partial charge on any atom is -0.374 e. The van der Waals surface area contributed by atoms with Crippen molar-refractivity contribution in [3.63, 3.8) is 0 Å². The summed E-state index contributed by atoms with van der Waals surface area (Å²) in [6, 6.07) is 3.43. The minimum atomic E-state index is -3.01. The number of likely N-dealkylation sites (tertiary alicyclic amines) is 1. The Balaban J connectivity index is 1.39. The number of halogens is 3. The number of hydrogen-bond donors (Lipinski definition) is 3. The van der Waals surface area contributed by atoms with Gasteiger partial charge in [-0.1, -0.05) is 6.07 Å². The molecule has 4 rings (SSSR count). The molecule has 2 atom stereocenters. The van der Waals surface area contributed by atoms with E-state index in [9.17, 15) is 22.8 Å². The summed E-state index contributed by atoms with van der Waals surface area (Å²) in [7, 11) is 0. The molecule has 2 amide bonds. The molecule has 2 unspecified atom stereocenters. The molecular weight excluding hydrogens is 409 g/mol. The third-order valence-corrected chi connectivity index (χ3v) is 6.61. The maximum Gasteiger partial charge on any atom is 0.267 e. The number of hydrogen-bond acceptors (Lipinski definition) is 5. The van der Waals surface area contributed by atoms with E-state index in [1.54, 1.807) is 0 Å². The molecule has 0 bridgehead atoms. The van der Waals surface area contributed by atoms with Gasteiger partial charge in [0.05, 0.1) is 12.5 Å². The highest BCUT2D eigenvalue weighted by Gasteiger charge is 2.46. The number of nitrogens with one attached hydrogen (secondary N) is 3. The normalized spacial score (nSPS) is 27.7. The standard InChI is InChI=1S/C22H29F3N4O2/c23-18-11-15(27-19-3-4-20(30)28-21(19)31)1-2-16(18)17-7-10-29(13-22(17,24)25)12-14-5-8-26-9-6-14/h1-2,11,14,17,19,26-27H,3-10,12-13H2,(H,28,30,31). The topological polar surface area (TPSA) is 73.5 Å². The van der Waals surface area contributed by atoms with Crippen LogP contribution < -0.4 is 16.0 Å². The number of anilines is 1. The van der Waals surface area contributed by atoms with E-state index in [-0.39, 0.29) is 30.9 Å². The van der Waals surface area contributed by atoms with Crippen LogP contribution in [0.3, 0.4) is 0 Å². The maximum atomic E-state index is 15.0. The Morgan fingerprint density at radius 2 is 1.90 bits per heavy atom. The van der Waals surface area contributed by atoms with Crippen LogP contribution in [0.2, 0.25) is 0 Å². The highest BCUT2D eigenvalue weighted by Crippen LogP contribution is 2.42. The molecule has 170 valence electrons. The molecule has 3 saturated heterocycles. The number of benzene rings is 1. The number of imide groups is 1. The Kier molecular flexibility index (Phi) is 6.52. The molecule has 3 heterocycles. The van der Waals surface area contributed by atoms with E-state index in [0.29, 0.717) is 31.1 Å². The molecular formula is C22H29F3N4O2. The molecule has 6 nitrogen and oxygen atoms in total. The van der Waals surface area contributed by atoms with Crippen LogP contribution in [0.25, 0.3) is 0 Å². The van der Waals surface area contributed by atoms with Crippen molar-refractivity contribution in [3.05, 3.63) is 29.6 Å². The zero-order valence-corrected chi connectivity index (χ0v) is 17.4. The number of piperidine rings is 3. The van der Waals surface area contributed by atoms with Gasteiger partial charge in [0.15, 0.2) is 0 Å². The first-order valence-electron chi connectivity index (χ1n) is 11.0. The van der Waals surface area contributed by atoms with Crippen LogP contribution >= 0.6 is 0 Å². The van der Waals surface area contributed by atoms with E-state index in [1.165, 1.54) is 12.1 Å². The number of amides is 2. The molecule has 3 aliphatic heterocycles. The largest absolute Gasteiger partial charge is 0.374 e. The Morgan fingerprint density at radius 3 is 2.58 bits per heavy atom. The average Bonchev–Trinajstić information content (AvgIpc) is 2.71. The summed E-state index contributed by atoms with van der Waals surface area (Å²) in [5.74, 6) is -5.24. The predicted octanol–water partition coefficient (Wildman–Crippen LogP) is 2.47. The van der Waals surface area contributed by atoms with Gasteiger partial charge in [-0.15, -0.1) is 0 Å². The lowest BCUT2D eigenvalue weighted by atomic mass is 9.85. The zero-order chi connectivity index (χ0) is 22.0. The smallest absolute Gasteiger partial charge is 0.267 e. The fourth-order valence-electron chi connectivity index (χ4n) is 4.91. The van der Waals surface area contributed by atoms with Gasteiger partial charge in [-0.05, 0) is 68.9 Å². The summed E-state index contributed by atoms with van der Waals surface area (Å²) < 4.78 is 44.8. The van der Waals surface area contributed by atoms with Gasteiger partial charge in [0.1, 0.15) is 11.9 Å². The van der Waals surface area contributed by atoms with Crippen molar-refractivity contribution in [3.8, 4) is 0 Å². The SMILES string of the molecule is O=C1CCC(Nc2ccc(C3CCN(CC4CCNCC4)CC3(F)F)c(F)c2)C(=O)N1. The Labute approximate surface area is 179 Å². The van der Waals surface area contributed by atoms with E-state index in [2.05, 4.69) is 16.0 Å². The highest BCUT2D eigenvalue weighted by molar-refractivity contribution is 6.01. The van der Waals surface area contributed by atoms with Crippen molar-refractivity contribution in [1.29, 1.82) is 0 Å². The molecule has 1 aromatic carbocycles. The van der Waals surface area contributed by atoms with Crippen LogP contribution in [0.4, 0.5) is 18.9 Å². The molecule has 3 aliphatic rings. The van der Waals surface area contributed by atoms with E-state index in [1.807, 2.05) is 4.90 Å². The number of rotatable bonds is 5. The Morgan fingerprint density at radius 1 is 1.13 bits per heavy atom. The Hall–Kier alpha value is -2.13. The third-order valence-electron chi connectivity index (χ3n) is 6.61. The van der Waals surface area contributed by atoms with Crippen LogP contribution in [0.15, 0.2) is 18.2 Å². The molecule has 9 heteroatoms. The van der Waals surface area contributed by atoms with E-state index >= 15 is 0 Å². The van der Waals surface area contributed by atoms with Crippen molar-refractivity contribution in [1.82, 2.24) is 15.5 Å². The fraction of sp³-hybridized carbons (Fsp3) is 0.636. The molecule has 0 aromatic heterocycles. The fourth-order valence-corrected chi connectivity index (χ4v) is 4.91. The second kappa shape index (κ2) is 9.16. The van der Waals surface area contributed by atoms with Crippen molar-refractivity contribution >= 4 is 17.5 Å². The number of nitrogens with zero attached hydrogens (tertiary/aromatic N) is 1. The lowest BCUT2D eigenvalue weighted by molar-refractivity contribution is -0.133. The van der Waals surface area contributed by atoms with Gasteiger partial charge in [0.25, 0.3) is 5.92 Å². The summed E-state index contributed by atoms with van der Waals surface area (Å²) in [6.07, 6.45) is 2.71. The minimum absolute atomic E-state index is 0.0142. The van der Waals surface area contributed by atoms with Gasteiger partial charge in [0, 0.05) is 18.7 Å². The summed E-state index contributed by atoms with van der Waals surface area (Å²) in [5.41, 5.74) is 0.350. The average molecular weight is 438 g/mol. The van der Waals surface area contributed by atoms with Crippen molar-refractivity contribution < 1.29 is 22.8 Å². The second-order valence-electron chi connectivity index (χ2n) is 8.92. The monoisotopic (exact) mass is 438 g/mol. The van der Waals surface area contributed by atoms with Crippen molar-refractivity contribution in [2.75, 3.05) is 38.0 Å². The van der Waals surface area contributed by atoms with E-state index < -0.39 is 29.6 Å². The lowest BCUT2D eigenvalue weighted by Gasteiger charge is -2.40. The van der Waals surface area contributed by atoms with E-state index in [4.69, 9.17) is 0 Å². The number of carbonyl (C=O) groups is 2. The van der Waals surface area contributed by atoms with Crippen LogP contribution in [0.5, 0.6) is 0 Å². The van der Waals surface area contributed by atoms with E-state index in [0.717, 1.165) is 32.0 Å². The highest BCUT2D eigenvalue weighted by atomic mass is 19.3. The summed E-state index contributed by atoms with van der Waals surface area (Å²) in [6.45, 7) is 2.71. The van der Waals surface area contributed by atoms with Gasteiger partial charge in [-0.3, -0.25) is 19.8 Å². The third kappa shape index (κ3) is 5.20. The number of alkyl halides is 2. The van der Waals surface area contributed by atoms with Crippen LogP contribution in [0, 0.1) is 11.7 Å². The van der Waals surface area contributed by atoms with Crippen LogP contribution in [-0.4, -0.2) is 61.4 Å². The molecule has 31 heavy (non-hydrogen) atoms. The zero-order valence-electron chi connectivity index (χ0n) is 17.4. The molecule has 3 fully saturated rings. The van der Waals surface area contributed by atoms with Crippen LogP contribution in [-0.2, 0) is 9.59 Å². The Bertz CT molecular complexity index is 829. The first kappa shape index (κ1) is 22.1. The maximum absolute atomic E-state index is 15.0. The molecule has 0 aliphatic carbocycles. The van der Waals surface area contributed by atoms with Gasteiger partial charge in [-0.25, -0.2) is 13.2 Å². The van der Waals surface area contributed by atoms with Gasteiger partial charge < -0.3 is 10.6 Å². The second-order valence-corrected chi connectivity index (χ2v) is 8.92. The molecule has 3 N–H and O–H groups in total. The van der Waals surface area contributed by atoms with Gasteiger partial charge >= 0.3 is 0 Å². The summed E-state index contributed by atoms with van der Waals surface area (Å²) in [5, 5.41) is 8.41. The summed E-state index contributed by atoms with van der Waals surface area (Å²) in [4.78, 5) is 24.9. The van der Waals surface area contributed by atoms with Gasteiger partial charge in [-0.2, -0.15) is 0 Å². The molecule has 1 aromatic rings. The van der Waals surface area contributed by atoms with Crippen molar-refractivity contribution in [2.45, 2.75) is 50.0 Å². The van der Waals surface area contributed by atoms with Gasteiger partial charge in [0.2, 0.25) is 11.8 Å². The lowest BCUT2D eigenvalue weighted by Crippen LogP contribution is -2.49. The van der Waals surface area contributed by atoms with Crippen LogP contribution in [0.1, 0.15) is 43.6 Å². The summed E-state index contributed by atoms with van der Waals surface area (Å²) >= 11 is 0. The predicted molar refractivity (Wildman–Crippen MR) is 111 cm³/mol.